The van der Waals surface area contributed by atoms with Crippen molar-refractivity contribution in [1.82, 2.24) is 4.90 Å². The first-order chi connectivity index (χ1) is 6.55. The van der Waals surface area contributed by atoms with E-state index in [1.54, 1.807) is 7.05 Å². The molecule has 1 aliphatic rings. The zero-order chi connectivity index (χ0) is 10.8. The Labute approximate surface area is 81.7 Å². The molecule has 0 saturated carbocycles. The summed E-state index contributed by atoms with van der Waals surface area (Å²) in [6.07, 6.45) is 2.85. The third kappa shape index (κ3) is 1.43. The largest absolute Gasteiger partial charge is 0.480 e. The van der Waals surface area contributed by atoms with E-state index in [9.17, 15) is 14.4 Å². The molecule has 5 nitrogen and oxygen atoms in total. The fraction of sp³-hybridized carbons (Fsp3) is 0.667. The highest BCUT2D eigenvalue weighted by Crippen LogP contribution is 2.27. The van der Waals surface area contributed by atoms with Crippen LogP contribution in [0.4, 0.5) is 0 Å². The standard InChI is InChI=1S/C9H12NO4/c1-10-5-3-2-4-9(10,8(13)14)7(12)6-11/h2-5H2,1H3,(H,13,14)/t9-/m0/s1. The zero-order valence-electron chi connectivity index (χ0n) is 7.95. The molecule has 1 aliphatic heterocycles. The lowest BCUT2D eigenvalue weighted by Crippen LogP contribution is -2.61. The molecule has 1 radical (unpaired) electrons. The SMILES string of the molecule is CN1CCCC[C@@]1(C(=O)O)C(=O)[C]=O. The Morgan fingerprint density at radius 2 is 2.07 bits per heavy atom. The monoisotopic (exact) mass is 198 g/mol. The van der Waals surface area contributed by atoms with Gasteiger partial charge in [-0.05, 0) is 32.9 Å². The number of hydrogen-bond donors (Lipinski definition) is 1. The number of rotatable bonds is 3. The molecule has 1 atom stereocenters. The van der Waals surface area contributed by atoms with E-state index in [4.69, 9.17) is 5.11 Å². The van der Waals surface area contributed by atoms with Gasteiger partial charge in [0.05, 0.1) is 0 Å². The van der Waals surface area contributed by atoms with Crippen LogP contribution < -0.4 is 0 Å². The predicted octanol–water partition coefficient (Wildman–Crippen LogP) is -0.396. The van der Waals surface area contributed by atoms with Gasteiger partial charge in [-0.3, -0.25) is 14.5 Å². The van der Waals surface area contributed by atoms with Crippen molar-refractivity contribution in [2.75, 3.05) is 13.6 Å². The highest BCUT2D eigenvalue weighted by atomic mass is 16.4. The second-order valence-electron chi connectivity index (χ2n) is 3.48. The second kappa shape index (κ2) is 3.88. The molecule has 1 rings (SSSR count). The second-order valence-corrected chi connectivity index (χ2v) is 3.48. The van der Waals surface area contributed by atoms with Gasteiger partial charge in [-0.1, -0.05) is 0 Å². The molecule has 0 unspecified atom stereocenters. The molecule has 0 amide bonds. The van der Waals surface area contributed by atoms with Crippen molar-refractivity contribution in [3.63, 3.8) is 0 Å². The summed E-state index contributed by atoms with van der Waals surface area (Å²) in [4.78, 5) is 34.1. The number of likely N-dealkylation sites (N-methyl/N-ethyl adjacent to an activating group) is 1. The van der Waals surface area contributed by atoms with Gasteiger partial charge in [0.15, 0.2) is 5.54 Å². The van der Waals surface area contributed by atoms with E-state index in [0.29, 0.717) is 13.0 Å². The predicted molar refractivity (Wildman–Crippen MR) is 47.5 cm³/mol. The minimum Gasteiger partial charge on any atom is -0.480 e. The van der Waals surface area contributed by atoms with E-state index in [2.05, 4.69) is 0 Å². The van der Waals surface area contributed by atoms with Crippen molar-refractivity contribution < 1.29 is 19.5 Å². The van der Waals surface area contributed by atoms with E-state index in [0.717, 1.165) is 6.42 Å². The highest BCUT2D eigenvalue weighted by molar-refractivity contribution is 6.35. The van der Waals surface area contributed by atoms with Crippen LogP contribution in [0.1, 0.15) is 19.3 Å². The molecule has 77 valence electrons. The fourth-order valence-corrected chi connectivity index (χ4v) is 1.85. The molecule has 5 heteroatoms. The molecule has 0 aliphatic carbocycles. The van der Waals surface area contributed by atoms with Crippen LogP contribution in [-0.2, 0) is 14.4 Å². The summed E-state index contributed by atoms with van der Waals surface area (Å²) in [5.74, 6) is -2.24. The Kier molecular flexibility index (Phi) is 3.00. The fourth-order valence-electron chi connectivity index (χ4n) is 1.85. The first-order valence-corrected chi connectivity index (χ1v) is 4.43. The van der Waals surface area contributed by atoms with Crippen LogP contribution in [-0.4, -0.2) is 47.2 Å². The summed E-state index contributed by atoms with van der Waals surface area (Å²) in [6, 6.07) is 0. The summed E-state index contributed by atoms with van der Waals surface area (Å²) in [5, 5.41) is 9.02. The van der Waals surface area contributed by atoms with Crippen LogP contribution in [0, 0.1) is 0 Å². The topological polar surface area (TPSA) is 74.7 Å². The average Bonchev–Trinajstić information content (AvgIpc) is 2.17. The van der Waals surface area contributed by atoms with Gasteiger partial charge in [-0.2, -0.15) is 0 Å². The molecular formula is C9H12NO4. The molecule has 1 heterocycles. The van der Waals surface area contributed by atoms with Crippen LogP contribution in [0.25, 0.3) is 0 Å². The lowest BCUT2D eigenvalue weighted by atomic mass is 9.83. The van der Waals surface area contributed by atoms with Crippen molar-refractivity contribution in [2.45, 2.75) is 24.8 Å². The van der Waals surface area contributed by atoms with E-state index in [1.807, 2.05) is 0 Å². The quantitative estimate of drug-likeness (QED) is 0.493. The van der Waals surface area contributed by atoms with E-state index >= 15 is 0 Å². The van der Waals surface area contributed by atoms with Crippen LogP contribution in [0.15, 0.2) is 0 Å². The van der Waals surface area contributed by atoms with E-state index < -0.39 is 17.3 Å². The molecule has 0 aromatic carbocycles. The maximum absolute atomic E-state index is 11.3. The zero-order valence-corrected chi connectivity index (χ0v) is 7.95. The summed E-state index contributed by atoms with van der Waals surface area (Å²) >= 11 is 0. The van der Waals surface area contributed by atoms with Gasteiger partial charge >= 0.3 is 5.97 Å². The van der Waals surface area contributed by atoms with Crippen LogP contribution >= 0.6 is 0 Å². The summed E-state index contributed by atoms with van der Waals surface area (Å²) < 4.78 is 0. The third-order valence-electron chi connectivity index (χ3n) is 2.76. The van der Waals surface area contributed by atoms with Gasteiger partial charge < -0.3 is 5.11 Å². The number of aliphatic carboxylic acids is 1. The number of carbonyl (C=O) groups is 2. The third-order valence-corrected chi connectivity index (χ3v) is 2.76. The molecule has 0 aromatic rings. The van der Waals surface area contributed by atoms with Crippen LogP contribution in [0.5, 0.6) is 0 Å². The van der Waals surface area contributed by atoms with E-state index in [-0.39, 0.29) is 6.42 Å². The van der Waals surface area contributed by atoms with Gasteiger partial charge in [0.1, 0.15) is 0 Å². The Bertz CT molecular complexity index is 276. The van der Waals surface area contributed by atoms with Gasteiger partial charge in [-0.25, -0.2) is 4.79 Å². The van der Waals surface area contributed by atoms with Gasteiger partial charge in [0, 0.05) is 0 Å². The number of carbonyl (C=O) groups excluding carboxylic acids is 2. The smallest absolute Gasteiger partial charge is 0.332 e. The van der Waals surface area contributed by atoms with Gasteiger partial charge in [0.2, 0.25) is 5.78 Å². The maximum Gasteiger partial charge on any atom is 0.332 e. The number of likely N-dealkylation sites (tertiary alicyclic amines) is 1. The minimum absolute atomic E-state index is 0.187. The molecular weight excluding hydrogens is 186 g/mol. The normalized spacial score (nSPS) is 28.4. The van der Waals surface area contributed by atoms with Crippen molar-refractivity contribution in [2.24, 2.45) is 0 Å². The molecule has 1 N–H and O–H groups in total. The molecule has 1 fully saturated rings. The Morgan fingerprint density at radius 3 is 2.50 bits per heavy atom. The molecule has 0 bridgehead atoms. The lowest BCUT2D eigenvalue weighted by Gasteiger charge is -2.38. The number of ketones is 1. The van der Waals surface area contributed by atoms with Crippen molar-refractivity contribution in [3.05, 3.63) is 0 Å². The van der Waals surface area contributed by atoms with Crippen molar-refractivity contribution in [1.29, 1.82) is 0 Å². The summed E-state index contributed by atoms with van der Waals surface area (Å²) in [6.45, 7) is 0.514. The highest BCUT2D eigenvalue weighted by Gasteiger charge is 2.50. The number of piperidine rings is 1. The van der Waals surface area contributed by atoms with Gasteiger partial charge in [-0.15, -0.1) is 0 Å². The van der Waals surface area contributed by atoms with Crippen molar-refractivity contribution in [3.8, 4) is 0 Å². The minimum atomic E-state index is -1.67. The van der Waals surface area contributed by atoms with Crippen molar-refractivity contribution >= 4 is 18.0 Å². The Morgan fingerprint density at radius 1 is 1.43 bits per heavy atom. The van der Waals surface area contributed by atoms with Gasteiger partial charge in [0.25, 0.3) is 6.29 Å². The first kappa shape index (κ1) is 10.8. The maximum atomic E-state index is 11.3. The van der Waals surface area contributed by atoms with E-state index in [1.165, 1.54) is 11.2 Å². The molecule has 0 aromatic heterocycles. The first-order valence-electron chi connectivity index (χ1n) is 4.43. The lowest BCUT2D eigenvalue weighted by molar-refractivity contribution is -0.157. The number of nitrogens with zero attached hydrogens (tertiary/aromatic N) is 1. The van der Waals surface area contributed by atoms with Crippen LogP contribution in [0.3, 0.4) is 0 Å². The average molecular weight is 198 g/mol. The molecule has 0 spiro atoms. The Balaban J connectivity index is 3.07. The molecule has 1 saturated heterocycles. The number of hydrogen-bond acceptors (Lipinski definition) is 4. The number of carboxylic acids is 1. The van der Waals surface area contributed by atoms with Crippen LogP contribution in [0.2, 0.25) is 0 Å². The number of Topliss-reactive ketones (excluding diaryl/α,β-unsaturated/α-hetero) is 1. The molecule has 14 heavy (non-hydrogen) atoms. The summed E-state index contributed by atoms with van der Waals surface area (Å²) in [7, 11) is 1.54. The Hall–Kier alpha value is -1.23. The summed E-state index contributed by atoms with van der Waals surface area (Å²) in [5.41, 5.74) is -1.67. The number of carboxylic acid groups (broad SMARTS) is 1.